The summed E-state index contributed by atoms with van der Waals surface area (Å²) >= 11 is 9.84. The third-order valence-electron chi connectivity index (χ3n) is 4.60. The van der Waals surface area contributed by atoms with Crippen LogP contribution in [0, 0.1) is 11.8 Å². The number of ether oxygens (including phenoxy) is 2. The third kappa shape index (κ3) is 6.68. The van der Waals surface area contributed by atoms with Gasteiger partial charge in [0, 0.05) is 12.2 Å². The molecule has 1 aromatic rings. The van der Waals surface area contributed by atoms with Crippen molar-refractivity contribution in [2.75, 3.05) is 25.1 Å². The maximum absolute atomic E-state index is 12.7. The summed E-state index contributed by atoms with van der Waals surface area (Å²) in [7, 11) is 0. The normalized spacial score (nSPS) is 18.5. The number of carbonyl (C=O) groups excluding carboxylic acids is 4. The molecule has 1 aromatic carbocycles. The summed E-state index contributed by atoms with van der Waals surface area (Å²) in [5, 5.41) is 5.24. The average molecular weight is 467 g/mol. The topological polar surface area (TPSA) is 111 Å². The summed E-state index contributed by atoms with van der Waals surface area (Å²) in [4.78, 5) is 48.8. The van der Waals surface area contributed by atoms with Crippen molar-refractivity contribution < 1.29 is 28.7 Å². The van der Waals surface area contributed by atoms with Gasteiger partial charge in [-0.05, 0) is 30.5 Å². The SMILES string of the molecule is C=CCOC(=O)c1cc(NC(=O)C2C[C@@H]([C@H](C(=O)S)C(=O)OCC=C)CN2)ccc1Cl. The zero-order valence-corrected chi connectivity index (χ0v) is 18.3. The van der Waals surface area contributed by atoms with Gasteiger partial charge in [0.15, 0.2) is 5.12 Å². The van der Waals surface area contributed by atoms with Crippen LogP contribution in [0.15, 0.2) is 43.5 Å². The van der Waals surface area contributed by atoms with Gasteiger partial charge < -0.3 is 20.1 Å². The van der Waals surface area contributed by atoms with Crippen molar-refractivity contribution in [3.63, 3.8) is 0 Å². The fraction of sp³-hybridized carbons (Fsp3) is 0.333. The predicted molar refractivity (Wildman–Crippen MR) is 119 cm³/mol. The molecule has 31 heavy (non-hydrogen) atoms. The molecular formula is C21H23ClN2O6S. The molecule has 0 saturated carbocycles. The zero-order valence-electron chi connectivity index (χ0n) is 16.6. The molecule has 0 radical (unpaired) electrons. The Hall–Kier alpha value is -2.62. The number of esters is 2. The highest BCUT2D eigenvalue weighted by Crippen LogP contribution is 2.27. The Balaban J connectivity index is 2.04. The summed E-state index contributed by atoms with van der Waals surface area (Å²) < 4.78 is 9.95. The molecule has 1 unspecified atom stereocenters. The first-order valence-corrected chi connectivity index (χ1v) is 10.2. The molecule has 1 heterocycles. The molecular weight excluding hydrogens is 444 g/mol. The van der Waals surface area contributed by atoms with E-state index in [0.29, 0.717) is 5.69 Å². The molecule has 2 N–H and O–H groups in total. The molecule has 2 rings (SSSR count). The number of rotatable bonds is 10. The van der Waals surface area contributed by atoms with E-state index in [-0.39, 0.29) is 42.7 Å². The van der Waals surface area contributed by atoms with Crippen LogP contribution in [0.3, 0.4) is 0 Å². The molecule has 3 atom stereocenters. The standard InChI is InChI=1S/C21H23ClN2O6S/c1-3-7-29-19(26)14-10-13(5-6-15(14)22)24-18(25)16-9-12(11-23-16)17(21(28)31)20(27)30-8-4-2/h3-6,10,12,16-17,23H,1-2,7-9,11H2,(H,24,25)(H,28,31)/t12-,16?,17+/m1/s1. The molecule has 166 valence electrons. The lowest BCUT2D eigenvalue weighted by Crippen LogP contribution is -2.35. The third-order valence-corrected chi connectivity index (χ3v) is 5.21. The van der Waals surface area contributed by atoms with Crippen molar-refractivity contribution in [2.45, 2.75) is 12.5 Å². The Morgan fingerprint density at radius 1 is 1.23 bits per heavy atom. The van der Waals surface area contributed by atoms with E-state index in [9.17, 15) is 19.2 Å². The fourth-order valence-electron chi connectivity index (χ4n) is 3.14. The molecule has 0 spiro atoms. The van der Waals surface area contributed by atoms with Crippen LogP contribution in [0.25, 0.3) is 0 Å². The van der Waals surface area contributed by atoms with Crippen molar-refractivity contribution >= 4 is 52.9 Å². The van der Waals surface area contributed by atoms with Gasteiger partial charge in [-0.25, -0.2) is 4.79 Å². The van der Waals surface area contributed by atoms with Crippen molar-refractivity contribution in [3.05, 3.63) is 54.1 Å². The van der Waals surface area contributed by atoms with Gasteiger partial charge in [0.2, 0.25) is 5.91 Å². The first kappa shape index (κ1) is 24.6. The van der Waals surface area contributed by atoms with Crippen molar-refractivity contribution in [1.29, 1.82) is 0 Å². The van der Waals surface area contributed by atoms with Crippen LogP contribution in [0.2, 0.25) is 5.02 Å². The molecule has 1 amide bonds. The number of carbonyl (C=O) groups is 4. The Morgan fingerprint density at radius 3 is 2.55 bits per heavy atom. The number of amides is 1. The van der Waals surface area contributed by atoms with Crippen LogP contribution < -0.4 is 10.6 Å². The summed E-state index contributed by atoms with van der Waals surface area (Å²) in [6, 6.07) is 3.77. The largest absolute Gasteiger partial charge is 0.461 e. The van der Waals surface area contributed by atoms with Gasteiger partial charge in [-0.1, -0.05) is 36.9 Å². The number of anilines is 1. The van der Waals surface area contributed by atoms with E-state index < -0.39 is 34.9 Å². The summed E-state index contributed by atoms with van der Waals surface area (Å²) in [5.74, 6) is -3.27. The number of benzene rings is 1. The lowest BCUT2D eigenvalue weighted by atomic mass is 9.90. The summed E-state index contributed by atoms with van der Waals surface area (Å²) in [6.45, 7) is 7.20. The van der Waals surface area contributed by atoms with Crippen LogP contribution in [0.1, 0.15) is 16.8 Å². The fourth-order valence-corrected chi connectivity index (χ4v) is 3.65. The Morgan fingerprint density at radius 2 is 1.90 bits per heavy atom. The maximum Gasteiger partial charge on any atom is 0.340 e. The van der Waals surface area contributed by atoms with Gasteiger partial charge in [-0.3, -0.25) is 14.4 Å². The number of hydrogen-bond donors (Lipinski definition) is 3. The monoisotopic (exact) mass is 466 g/mol. The highest BCUT2D eigenvalue weighted by Gasteiger charge is 2.41. The van der Waals surface area contributed by atoms with E-state index in [2.05, 4.69) is 36.4 Å². The summed E-state index contributed by atoms with van der Waals surface area (Å²) in [6.07, 6.45) is 3.05. The van der Waals surface area contributed by atoms with Crippen LogP contribution in [0.5, 0.6) is 0 Å². The lowest BCUT2D eigenvalue weighted by molar-refractivity contribution is -0.151. The highest BCUT2D eigenvalue weighted by molar-refractivity contribution is 7.96. The molecule has 1 fully saturated rings. The molecule has 0 aliphatic carbocycles. The van der Waals surface area contributed by atoms with Crippen LogP contribution >= 0.6 is 24.2 Å². The predicted octanol–water partition coefficient (Wildman–Crippen LogP) is 2.40. The number of hydrogen-bond acceptors (Lipinski definition) is 7. The highest BCUT2D eigenvalue weighted by atomic mass is 35.5. The molecule has 10 heteroatoms. The minimum absolute atomic E-state index is 0.0193. The average Bonchev–Trinajstić information content (AvgIpc) is 3.21. The first-order chi connectivity index (χ1) is 14.8. The van der Waals surface area contributed by atoms with Gasteiger partial charge in [0.25, 0.3) is 0 Å². The van der Waals surface area contributed by atoms with E-state index in [4.69, 9.17) is 21.1 Å². The zero-order chi connectivity index (χ0) is 23.0. The van der Waals surface area contributed by atoms with E-state index in [1.165, 1.54) is 24.3 Å². The molecule has 0 bridgehead atoms. The second-order valence-corrected chi connectivity index (χ2v) is 7.61. The van der Waals surface area contributed by atoms with E-state index in [1.807, 2.05) is 0 Å². The minimum Gasteiger partial charge on any atom is -0.461 e. The maximum atomic E-state index is 12.7. The van der Waals surface area contributed by atoms with Gasteiger partial charge in [0.1, 0.15) is 19.1 Å². The van der Waals surface area contributed by atoms with Gasteiger partial charge in [-0.2, -0.15) is 0 Å². The Kier molecular flexibility index (Phi) is 9.29. The molecule has 1 saturated heterocycles. The number of nitrogens with one attached hydrogen (secondary N) is 2. The summed E-state index contributed by atoms with van der Waals surface area (Å²) in [5.41, 5.74) is 0.446. The van der Waals surface area contributed by atoms with Crippen LogP contribution in [0.4, 0.5) is 5.69 Å². The van der Waals surface area contributed by atoms with Crippen molar-refractivity contribution in [2.24, 2.45) is 11.8 Å². The van der Waals surface area contributed by atoms with Gasteiger partial charge in [-0.15, -0.1) is 12.6 Å². The molecule has 8 nitrogen and oxygen atoms in total. The van der Waals surface area contributed by atoms with Crippen LogP contribution in [-0.4, -0.2) is 48.8 Å². The van der Waals surface area contributed by atoms with E-state index >= 15 is 0 Å². The number of halogens is 1. The van der Waals surface area contributed by atoms with Crippen molar-refractivity contribution in [3.8, 4) is 0 Å². The Labute approximate surface area is 190 Å². The van der Waals surface area contributed by atoms with Crippen molar-refractivity contribution in [1.82, 2.24) is 5.32 Å². The first-order valence-electron chi connectivity index (χ1n) is 9.40. The molecule has 0 aromatic heterocycles. The van der Waals surface area contributed by atoms with Gasteiger partial charge >= 0.3 is 11.9 Å². The van der Waals surface area contributed by atoms with E-state index in [0.717, 1.165) is 0 Å². The molecule has 1 aliphatic heterocycles. The quantitative estimate of drug-likeness (QED) is 0.210. The smallest absolute Gasteiger partial charge is 0.340 e. The van der Waals surface area contributed by atoms with Crippen LogP contribution in [-0.2, 0) is 23.9 Å². The lowest BCUT2D eigenvalue weighted by Gasteiger charge is -2.18. The Bertz CT molecular complexity index is 891. The molecule has 1 aliphatic rings. The second-order valence-electron chi connectivity index (χ2n) is 6.76. The second kappa shape index (κ2) is 11.7. The number of thiol groups is 1. The minimum atomic E-state index is -1.09. The van der Waals surface area contributed by atoms with E-state index in [1.54, 1.807) is 6.07 Å². The van der Waals surface area contributed by atoms with Gasteiger partial charge in [0.05, 0.1) is 16.6 Å².